The van der Waals surface area contributed by atoms with E-state index in [9.17, 15) is 0 Å². The third-order valence-electron chi connectivity index (χ3n) is 3.93. The van der Waals surface area contributed by atoms with Gasteiger partial charge in [-0.05, 0) is 55.8 Å². The van der Waals surface area contributed by atoms with Crippen molar-refractivity contribution in [2.75, 3.05) is 19.4 Å². The summed E-state index contributed by atoms with van der Waals surface area (Å²) in [5, 5.41) is 3.66. The van der Waals surface area contributed by atoms with Crippen LogP contribution in [0.1, 0.15) is 29.2 Å². The van der Waals surface area contributed by atoms with Crippen molar-refractivity contribution in [2.45, 2.75) is 25.4 Å². The van der Waals surface area contributed by atoms with E-state index in [0.717, 1.165) is 6.54 Å². The molecule has 104 valence electrons. The third-order valence-corrected chi connectivity index (χ3v) is 3.93. The fourth-order valence-corrected chi connectivity index (χ4v) is 2.98. The monoisotopic (exact) mass is 266 g/mol. The van der Waals surface area contributed by atoms with Crippen molar-refractivity contribution in [3.8, 4) is 0 Å². The van der Waals surface area contributed by atoms with E-state index in [1.54, 1.807) is 0 Å². The number of benzene rings is 2. The highest BCUT2D eigenvalue weighted by Gasteiger charge is 2.21. The van der Waals surface area contributed by atoms with Gasteiger partial charge in [0.1, 0.15) is 0 Å². The lowest BCUT2D eigenvalue weighted by molar-refractivity contribution is 0.402. The molecule has 0 aromatic heterocycles. The average molecular weight is 266 g/mol. The van der Waals surface area contributed by atoms with Gasteiger partial charge in [-0.15, -0.1) is 0 Å². The van der Waals surface area contributed by atoms with Gasteiger partial charge in [0.2, 0.25) is 0 Å². The second-order valence-corrected chi connectivity index (χ2v) is 5.87. The Kier molecular flexibility index (Phi) is 3.75. The van der Waals surface area contributed by atoms with E-state index in [1.807, 2.05) is 0 Å². The Labute approximate surface area is 121 Å². The summed E-state index contributed by atoms with van der Waals surface area (Å²) in [6, 6.07) is 18.0. The molecule has 2 heteroatoms. The van der Waals surface area contributed by atoms with Crippen molar-refractivity contribution < 1.29 is 0 Å². The lowest BCUT2D eigenvalue weighted by Gasteiger charge is -2.16. The van der Waals surface area contributed by atoms with Crippen LogP contribution in [-0.2, 0) is 13.0 Å². The van der Waals surface area contributed by atoms with Gasteiger partial charge in [0, 0.05) is 12.2 Å². The van der Waals surface area contributed by atoms with Gasteiger partial charge in [-0.2, -0.15) is 0 Å². The van der Waals surface area contributed by atoms with Crippen molar-refractivity contribution in [1.82, 2.24) is 4.90 Å². The van der Waals surface area contributed by atoms with E-state index >= 15 is 0 Å². The number of rotatable bonds is 4. The second-order valence-electron chi connectivity index (χ2n) is 5.87. The van der Waals surface area contributed by atoms with Crippen molar-refractivity contribution in [2.24, 2.45) is 0 Å². The van der Waals surface area contributed by atoms with Gasteiger partial charge in [0.15, 0.2) is 0 Å². The Bertz CT molecular complexity index is 572. The molecule has 1 N–H and O–H groups in total. The lowest BCUT2D eigenvalue weighted by Crippen LogP contribution is -2.11. The number of nitrogens with one attached hydrogen (secondary N) is 1. The van der Waals surface area contributed by atoms with Crippen LogP contribution in [0.25, 0.3) is 0 Å². The van der Waals surface area contributed by atoms with Crippen LogP contribution in [0.2, 0.25) is 0 Å². The molecule has 0 fully saturated rings. The zero-order valence-corrected chi connectivity index (χ0v) is 12.3. The highest BCUT2D eigenvalue weighted by atomic mass is 15.0. The zero-order chi connectivity index (χ0) is 13.9. The van der Waals surface area contributed by atoms with Crippen LogP contribution in [-0.4, -0.2) is 19.0 Å². The molecule has 2 aromatic rings. The Morgan fingerprint density at radius 1 is 1.05 bits per heavy atom. The van der Waals surface area contributed by atoms with Crippen LogP contribution in [0.3, 0.4) is 0 Å². The molecule has 1 atom stereocenters. The molecule has 2 nitrogen and oxygen atoms in total. The fraction of sp³-hybridized carbons (Fsp3) is 0.333. The van der Waals surface area contributed by atoms with E-state index in [1.165, 1.54) is 35.2 Å². The van der Waals surface area contributed by atoms with E-state index in [-0.39, 0.29) is 0 Å². The molecule has 0 bridgehead atoms. The summed E-state index contributed by atoms with van der Waals surface area (Å²) in [6.45, 7) is 0.993. The minimum absolute atomic E-state index is 0.464. The van der Waals surface area contributed by atoms with Crippen LogP contribution >= 0.6 is 0 Å². The first-order valence-electron chi connectivity index (χ1n) is 7.30. The smallest absolute Gasteiger partial charge is 0.0519 e. The molecule has 0 aliphatic heterocycles. The third kappa shape index (κ3) is 2.86. The van der Waals surface area contributed by atoms with Crippen LogP contribution in [0.5, 0.6) is 0 Å². The molecule has 2 aromatic carbocycles. The maximum atomic E-state index is 3.66. The molecule has 1 aliphatic carbocycles. The number of anilines is 1. The number of hydrogen-bond donors (Lipinski definition) is 1. The van der Waals surface area contributed by atoms with Gasteiger partial charge in [0.25, 0.3) is 0 Å². The van der Waals surface area contributed by atoms with Gasteiger partial charge < -0.3 is 10.2 Å². The normalized spacial score (nSPS) is 17.2. The van der Waals surface area contributed by atoms with Gasteiger partial charge in [-0.1, -0.05) is 36.4 Å². The summed E-state index contributed by atoms with van der Waals surface area (Å²) in [7, 11) is 4.20. The van der Waals surface area contributed by atoms with Gasteiger partial charge in [-0.3, -0.25) is 0 Å². The van der Waals surface area contributed by atoms with Crippen molar-refractivity contribution in [3.05, 3.63) is 65.2 Å². The minimum atomic E-state index is 0.464. The first-order valence-corrected chi connectivity index (χ1v) is 7.30. The largest absolute Gasteiger partial charge is 0.378 e. The van der Waals surface area contributed by atoms with Gasteiger partial charge >= 0.3 is 0 Å². The molecule has 1 unspecified atom stereocenters. The van der Waals surface area contributed by atoms with Gasteiger partial charge in [-0.25, -0.2) is 0 Å². The van der Waals surface area contributed by atoms with Crippen LogP contribution < -0.4 is 5.32 Å². The van der Waals surface area contributed by atoms with Crippen LogP contribution in [0.4, 0.5) is 5.69 Å². The summed E-state index contributed by atoms with van der Waals surface area (Å²) in [5.41, 5.74) is 5.53. The molecular weight excluding hydrogens is 244 g/mol. The summed E-state index contributed by atoms with van der Waals surface area (Å²) >= 11 is 0. The average Bonchev–Trinajstić information content (AvgIpc) is 2.84. The molecule has 0 radical (unpaired) electrons. The predicted molar refractivity (Wildman–Crippen MR) is 85.0 cm³/mol. The topological polar surface area (TPSA) is 15.3 Å². The predicted octanol–water partition coefficient (Wildman–Crippen LogP) is 3.85. The first kappa shape index (κ1) is 13.2. The van der Waals surface area contributed by atoms with E-state index in [4.69, 9.17) is 0 Å². The second kappa shape index (κ2) is 5.68. The number of hydrogen-bond acceptors (Lipinski definition) is 2. The highest BCUT2D eigenvalue weighted by molar-refractivity contribution is 5.49. The molecule has 0 spiro atoms. The summed E-state index contributed by atoms with van der Waals surface area (Å²) in [6.07, 6.45) is 2.38. The number of aryl methyl sites for hydroxylation is 1. The Hall–Kier alpha value is -1.80. The maximum Gasteiger partial charge on any atom is 0.0519 e. The maximum absolute atomic E-state index is 3.66. The molecule has 3 rings (SSSR count). The molecule has 0 saturated carbocycles. The Morgan fingerprint density at radius 3 is 2.55 bits per heavy atom. The highest BCUT2D eigenvalue weighted by Crippen LogP contribution is 2.33. The standard InChI is InChI=1S/C18H22N2/c1-20(2)13-14-7-10-16(11-8-14)19-18-12-9-15-5-3-4-6-17(15)18/h3-8,10-11,18-19H,9,12-13H2,1-2H3. The van der Waals surface area contributed by atoms with Crippen LogP contribution in [0, 0.1) is 0 Å². The van der Waals surface area contributed by atoms with E-state index < -0.39 is 0 Å². The SMILES string of the molecule is CN(C)Cc1ccc(NC2CCc3ccccc32)cc1. The summed E-state index contributed by atoms with van der Waals surface area (Å²) in [5.74, 6) is 0. The quantitative estimate of drug-likeness (QED) is 0.904. The molecule has 20 heavy (non-hydrogen) atoms. The molecule has 1 aliphatic rings. The van der Waals surface area contributed by atoms with E-state index in [2.05, 4.69) is 72.8 Å². The molecule has 0 saturated heterocycles. The molecule has 0 heterocycles. The summed E-state index contributed by atoms with van der Waals surface area (Å²) < 4.78 is 0. The summed E-state index contributed by atoms with van der Waals surface area (Å²) in [4.78, 5) is 2.19. The zero-order valence-electron chi connectivity index (χ0n) is 12.3. The first-order chi connectivity index (χ1) is 9.72. The van der Waals surface area contributed by atoms with Crippen molar-refractivity contribution in [3.63, 3.8) is 0 Å². The van der Waals surface area contributed by atoms with Crippen LogP contribution in [0.15, 0.2) is 48.5 Å². The Balaban J connectivity index is 1.70. The number of nitrogens with zero attached hydrogens (tertiary/aromatic N) is 1. The Morgan fingerprint density at radius 2 is 1.80 bits per heavy atom. The fourth-order valence-electron chi connectivity index (χ4n) is 2.98. The van der Waals surface area contributed by atoms with E-state index in [0.29, 0.717) is 6.04 Å². The minimum Gasteiger partial charge on any atom is -0.378 e. The molecule has 0 amide bonds. The lowest BCUT2D eigenvalue weighted by atomic mass is 10.1. The van der Waals surface area contributed by atoms with Crippen molar-refractivity contribution >= 4 is 5.69 Å². The van der Waals surface area contributed by atoms with Crippen molar-refractivity contribution in [1.29, 1.82) is 0 Å². The van der Waals surface area contributed by atoms with Gasteiger partial charge in [0.05, 0.1) is 6.04 Å². The number of fused-ring (bicyclic) bond motifs is 1. The molecular formula is C18H22N2.